The summed E-state index contributed by atoms with van der Waals surface area (Å²) in [5.74, 6) is 0. The fourth-order valence-corrected chi connectivity index (χ4v) is 1.37. The molecule has 0 aliphatic heterocycles. The number of nitrogens with zero attached hydrogens (tertiary/aromatic N) is 2. The van der Waals surface area contributed by atoms with Crippen molar-refractivity contribution in [2.75, 3.05) is 6.54 Å². The first-order valence-electron chi connectivity index (χ1n) is 5.09. The normalized spacial score (nSPS) is 11.4. The largest absolute Gasteiger partial charge is 0.311 e. The molecule has 2 N–H and O–H groups in total. The molecule has 1 heterocycles. The number of aryl methyl sites for hydroxylation is 2. The van der Waals surface area contributed by atoms with Crippen molar-refractivity contribution < 1.29 is 0 Å². The number of nitrogens with one attached hydrogen (secondary N) is 2. The summed E-state index contributed by atoms with van der Waals surface area (Å²) in [7, 11) is 0. The Hall–Kier alpha value is -1.34. The highest BCUT2D eigenvalue weighted by Gasteiger charge is 2.16. The van der Waals surface area contributed by atoms with E-state index in [1.54, 1.807) is 0 Å². The van der Waals surface area contributed by atoms with Crippen molar-refractivity contribution in [1.29, 1.82) is 5.26 Å². The van der Waals surface area contributed by atoms with Gasteiger partial charge in [0.15, 0.2) is 0 Å². The molecular formula is C11H18N4. The van der Waals surface area contributed by atoms with Crippen molar-refractivity contribution in [1.82, 2.24) is 15.5 Å². The minimum atomic E-state index is -0.314. The molecule has 0 amide bonds. The fraction of sp³-hybridized carbons (Fsp3) is 0.636. The molecule has 0 aromatic carbocycles. The van der Waals surface area contributed by atoms with Crippen molar-refractivity contribution in [3.8, 4) is 6.07 Å². The van der Waals surface area contributed by atoms with E-state index < -0.39 is 0 Å². The van der Waals surface area contributed by atoms with E-state index in [0.29, 0.717) is 6.54 Å². The first-order valence-corrected chi connectivity index (χ1v) is 5.09. The first kappa shape index (κ1) is 11.7. The van der Waals surface area contributed by atoms with Crippen LogP contribution in [-0.4, -0.2) is 16.7 Å². The lowest BCUT2D eigenvalue weighted by Gasteiger charge is -2.15. The Bertz CT molecular complexity index is 351. The second-order valence-electron chi connectivity index (χ2n) is 4.51. The lowest BCUT2D eigenvalue weighted by molar-refractivity contribution is 0.444. The Morgan fingerprint density at radius 2 is 2.13 bits per heavy atom. The van der Waals surface area contributed by atoms with Crippen LogP contribution in [-0.2, 0) is 6.54 Å². The van der Waals surface area contributed by atoms with Gasteiger partial charge in [-0.2, -0.15) is 10.4 Å². The Morgan fingerprint density at radius 1 is 1.47 bits per heavy atom. The number of hydrogen-bond donors (Lipinski definition) is 2. The van der Waals surface area contributed by atoms with Gasteiger partial charge in [-0.15, -0.1) is 0 Å². The van der Waals surface area contributed by atoms with E-state index in [0.717, 1.165) is 17.9 Å². The summed E-state index contributed by atoms with van der Waals surface area (Å²) < 4.78 is 0. The molecule has 0 radical (unpaired) electrons. The zero-order valence-electron chi connectivity index (χ0n) is 9.81. The third kappa shape index (κ3) is 3.07. The van der Waals surface area contributed by atoms with Crippen molar-refractivity contribution in [2.24, 2.45) is 5.41 Å². The third-order valence-electron chi connectivity index (χ3n) is 2.45. The molecule has 0 aliphatic rings. The van der Waals surface area contributed by atoms with Crippen LogP contribution in [0.4, 0.5) is 0 Å². The molecule has 0 spiro atoms. The average Bonchev–Trinajstić information content (AvgIpc) is 2.49. The molecule has 0 unspecified atom stereocenters. The number of nitriles is 1. The lowest BCUT2D eigenvalue weighted by Crippen LogP contribution is -2.28. The third-order valence-corrected chi connectivity index (χ3v) is 2.45. The zero-order valence-corrected chi connectivity index (χ0v) is 9.81. The molecular weight excluding hydrogens is 188 g/mol. The second-order valence-corrected chi connectivity index (χ2v) is 4.51. The molecule has 15 heavy (non-hydrogen) atoms. The van der Waals surface area contributed by atoms with Crippen LogP contribution in [0.5, 0.6) is 0 Å². The van der Waals surface area contributed by atoms with Gasteiger partial charge in [0, 0.05) is 24.3 Å². The molecule has 0 atom stereocenters. The molecule has 4 nitrogen and oxygen atoms in total. The van der Waals surface area contributed by atoms with Gasteiger partial charge in [-0.3, -0.25) is 5.10 Å². The predicted octanol–water partition coefficient (Wildman–Crippen LogP) is 1.67. The maximum absolute atomic E-state index is 8.85. The molecule has 0 aliphatic carbocycles. The van der Waals surface area contributed by atoms with Crippen LogP contribution in [0.25, 0.3) is 0 Å². The van der Waals surface area contributed by atoms with Gasteiger partial charge in [0.05, 0.1) is 17.2 Å². The SMILES string of the molecule is Cc1n[nH]c(C)c1CNCC(C)(C)C#N. The summed E-state index contributed by atoms with van der Waals surface area (Å²) in [6, 6.07) is 2.26. The minimum absolute atomic E-state index is 0.314. The predicted molar refractivity (Wildman–Crippen MR) is 59.2 cm³/mol. The van der Waals surface area contributed by atoms with Gasteiger partial charge >= 0.3 is 0 Å². The Balaban J connectivity index is 2.49. The van der Waals surface area contributed by atoms with Crippen molar-refractivity contribution in [2.45, 2.75) is 34.2 Å². The maximum Gasteiger partial charge on any atom is 0.0697 e. The van der Waals surface area contributed by atoms with Crippen LogP contribution < -0.4 is 5.32 Å². The van der Waals surface area contributed by atoms with Gasteiger partial charge in [0.25, 0.3) is 0 Å². The quantitative estimate of drug-likeness (QED) is 0.787. The summed E-state index contributed by atoms with van der Waals surface area (Å²) >= 11 is 0. The Labute approximate surface area is 90.7 Å². The first-order chi connectivity index (χ1) is 6.96. The molecule has 4 heteroatoms. The van der Waals surface area contributed by atoms with E-state index in [2.05, 4.69) is 21.6 Å². The van der Waals surface area contributed by atoms with Gasteiger partial charge in [0.1, 0.15) is 0 Å². The molecule has 0 saturated heterocycles. The Morgan fingerprint density at radius 3 is 2.60 bits per heavy atom. The number of hydrogen-bond acceptors (Lipinski definition) is 3. The summed E-state index contributed by atoms with van der Waals surface area (Å²) in [6.45, 7) is 9.29. The highest BCUT2D eigenvalue weighted by Crippen LogP contribution is 2.12. The van der Waals surface area contributed by atoms with Crippen LogP contribution in [0.1, 0.15) is 30.8 Å². The molecule has 1 rings (SSSR count). The highest BCUT2D eigenvalue weighted by atomic mass is 15.1. The molecule has 0 bridgehead atoms. The number of rotatable bonds is 4. The topological polar surface area (TPSA) is 64.5 Å². The van der Waals surface area contributed by atoms with Gasteiger partial charge < -0.3 is 5.32 Å². The standard InChI is InChI=1S/C11H18N4/c1-8-10(9(2)15-14-8)5-13-7-11(3,4)6-12/h13H,5,7H2,1-4H3,(H,14,15). The summed E-state index contributed by atoms with van der Waals surface area (Å²) in [5.41, 5.74) is 3.00. The van der Waals surface area contributed by atoms with Crippen LogP contribution in [0.15, 0.2) is 0 Å². The van der Waals surface area contributed by atoms with Crippen molar-refractivity contribution >= 4 is 0 Å². The second kappa shape index (κ2) is 4.45. The minimum Gasteiger partial charge on any atom is -0.311 e. The summed E-state index contributed by atoms with van der Waals surface area (Å²) in [5, 5.41) is 19.2. The average molecular weight is 206 g/mol. The summed E-state index contributed by atoms with van der Waals surface area (Å²) in [6.07, 6.45) is 0. The molecule has 82 valence electrons. The number of aromatic nitrogens is 2. The van der Waals surface area contributed by atoms with Gasteiger partial charge in [-0.25, -0.2) is 0 Å². The molecule has 1 aromatic heterocycles. The Kier molecular flexibility index (Phi) is 3.48. The van der Waals surface area contributed by atoms with Gasteiger partial charge in [0.2, 0.25) is 0 Å². The van der Waals surface area contributed by atoms with E-state index in [4.69, 9.17) is 5.26 Å². The monoisotopic (exact) mass is 206 g/mol. The van der Waals surface area contributed by atoms with E-state index in [1.807, 2.05) is 27.7 Å². The van der Waals surface area contributed by atoms with Crippen LogP contribution in [0.3, 0.4) is 0 Å². The van der Waals surface area contributed by atoms with E-state index in [9.17, 15) is 0 Å². The smallest absolute Gasteiger partial charge is 0.0697 e. The maximum atomic E-state index is 8.85. The van der Waals surface area contributed by atoms with E-state index in [-0.39, 0.29) is 5.41 Å². The summed E-state index contributed by atoms with van der Waals surface area (Å²) in [4.78, 5) is 0. The zero-order chi connectivity index (χ0) is 11.5. The van der Waals surface area contributed by atoms with Crippen molar-refractivity contribution in [3.05, 3.63) is 17.0 Å². The van der Waals surface area contributed by atoms with Crippen LogP contribution in [0, 0.1) is 30.6 Å². The van der Waals surface area contributed by atoms with Crippen LogP contribution >= 0.6 is 0 Å². The molecule has 1 aromatic rings. The van der Waals surface area contributed by atoms with Crippen LogP contribution in [0.2, 0.25) is 0 Å². The highest BCUT2D eigenvalue weighted by molar-refractivity contribution is 5.22. The fourth-order valence-electron chi connectivity index (χ4n) is 1.37. The van der Waals surface area contributed by atoms with Crippen molar-refractivity contribution in [3.63, 3.8) is 0 Å². The molecule has 0 fully saturated rings. The van der Waals surface area contributed by atoms with E-state index in [1.165, 1.54) is 5.56 Å². The van der Waals surface area contributed by atoms with Gasteiger partial charge in [-0.1, -0.05) is 0 Å². The number of aromatic amines is 1. The molecule has 0 saturated carbocycles. The lowest BCUT2D eigenvalue weighted by atomic mass is 9.96. The van der Waals surface area contributed by atoms with E-state index >= 15 is 0 Å². The number of H-pyrrole nitrogens is 1. The van der Waals surface area contributed by atoms with Gasteiger partial charge in [-0.05, 0) is 27.7 Å².